The van der Waals surface area contributed by atoms with Gasteiger partial charge in [-0.25, -0.2) is 4.98 Å². The number of aromatic nitrogens is 4. The molecule has 0 spiro atoms. The Labute approximate surface area is 214 Å². The maximum absolute atomic E-state index is 13.4. The number of aryl methyl sites for hydroxylation is 1. The third kappa shape index (κ3) is 5.36. The molecule has 5 rings (SSSR count). The fraction of sp³-hybridized carbons (Fsp3) is 0.520. The van der Waals surface area contributed by atoms with Crippen molar-refractivity contribution in [2.45, 2.75) is 50.0 Å². The minimum atomic E-state index is -0.276. The number of thioether (sulfide) groups is 1. The van der Waals surface area contributed by atoms with E-state index in [-0.39, 0.29) is 24.7 Å². The summed E-state index contributed by atoms with van der Waals surface area (Å²) in [5.41, 5.74) is 1.36. The molecule has 2 fully saturated rings. The first-order valence-electron chi connectivity index (χ1n) is 12.2. The van der Waals surface area contributed by atoms with Crippen molar-refractivity contribution in [3.05, 3.63) is 35.5 Å². The number of hydrogen-bond donors (Lipinski definition) is 0. The number of ether oxygens (including phenoxy) is 4. The summed E-state index contributed by atoms with van der Waals surface area (Å²) >= 11 is 1.44. The normalized spacial score (nSPS) is 18.5. The van der Waals surface area contributed by atoms with Gasteiger partial charge < -0.3 is 23.8 Å². The summed E-state index contributed by atoms with van der Waals surface area (Å²) in [6, 6.07) is 7.20. The Bertz CT molecular complexity index is 1230. The lowest BCUT2D eigenvalue weighted by atomic mass is 10.1. The van der Waals surface area contributed by atoms with Gasteiger partial charge in [-0.2, -0.15) is 9.50 Å². The van der Waals surface area contributed by atoms with Crippen molar-refractivity contribution < 1.29 is 23.7 Å². The Balaban J connectivity index is 1.25. The highest BCUT2D eigenvalue weighted by Gasteiger charge is 2.27. The second-order valence-electron chi connectivity index (χ2n) is 8.99. The Morgan fingerprint density at radius 2 is 2.03 bits per heavy atom. The first-order chi connectivity index (χ1) is 17.5. The van der Waals surface area contributed by atoms with Crippen molar-refractivity contribution in [1.82, 2.24) is 24.5 Å². The number of carbonyl (C=O) groups excluding carboxylic acids is 1. The lowest BCUT2D eigenvalue weighted by molar-refractivity contribution is -0.0410. The number of methoxy groups -OCH3 is 1. The predicted octanol–water partition coefficient (Wildman–Crippen LogP) is 3.40. The van der Waals surface area contributed by atoms with E-state index in [1.165, 1.54) is 24.6 Å². The summed E-state index contributed by atoms with van der Waals surface area (Å²) in [5.74, 6) is 2.23. The van der Waals surface area contributed by atoms with Crippen molar-refractivity contribution in [2.75, 3.05) is 39.7 Å². The third-order valence-corrected chi connectivity index (χ3v) is 6.96. The smallest absolute Gasteiger partial charge is 0.256 e. The van der Waals surface area contributed by atoms with Gasteiger partial charge in [-0.15, -0.1) is 5.10 Å². The van der Waals surface area contributed by atoms with Gasteiger partial charge in [-0.05, 0) is 57.1 Å². The minimum Gasteiger partial charge on any atom is -0.493 e. The van der Waals surface area contributed by atoms with Crippen LogP contribution in [0.15, 0.2) is 29.4 Å². The van der Waals surface area contributed by atoms with E-state index in [4.69, 9.17) is 18.9 Å². The van der Waals surface area contributed by atoms with Crippen LogP contribution in [0.25, 0.3) is 5.78 Å². The molecule has 1 unspecified atom stereocenters. The van der Waals surface area contributed by atoms with E-state index in [9.17, 15) is 4.79 Å². The van der Waals surface area contributed by atoms with E-state index >= 15 is 0 Å². The molecule has 1 saturated carbocycles. The second kappa shape index (κ2) is 10.9. The first-order valence-corrected chi connectivity index (χ1v) is 13.4. The molecule has 2 aliphatic rings. The van der Waals surface area contributed by atoms with Gasteiger partial charge in [-0.1, -0.05) is 11.8 Å². The van der Waals surface area contributed by atoms with Crippen LogP contribution in [0.5, 0.6) is 17.4 Å². The monoisotopic (exact) mass is 513 g/mol. The molecule has 0 radical (unpaired) electrons. The van der Waals surface area contributed by atoms with Gasteiger partial charge in [0.15, 0.2) is 11.5 Å². The average Bonchev–Trinajstić information content (AvgIpc) is 3.56. The lowest BCUT2D eigenvalue weighted by Crippen LogP contribution is -2.47. The highest BCUT2D eigenvalue weighted by atomic mass is 32.2. The second-order valence-corrected chi connectivity index (χ2v) is 9.76. The molecule has 36 heavy (non-hydrogen) atoms. The molecule has 1 aliphatic heterocycles. The summed E-state index contributed by atoms with van der Waals surface area (Å²) in [5, 5.41) is 5.06. The maximum Gasteiger partial charge on any atom is 0.256 e. The van der Waals surface area contributed by atoms with Crippen LogP contribution in [0.3, 0.4) is 0 Å². The summed E-state index contributed by atoms with van der Waals surface area (Å²) in [4.78, 5) is 24.0. The van der Waals surface area contributed by atoms with Crippen LogP contribution in [0, 0.1) is 6.92 Å². The predicted molar refractivity (Wildman–Crippen MR) is 134 cm³/mol. The third-order valence-electron chi connectivity index (χ3n) is 6.42. The zero-order chi connectivity index (χ0) is 25.1. The largest absolute Gasteiger partial charge is 0.493 e. The van der Waals surface area contributed by atoms with Crippen molar-refractivity contribution in [3.8, 4) is 17.4 Å². The fourth-order valence-corrected chi connectivity index (χ4v) is 4.91. The molecule has 10 nitrogen and oxygen atoms in total. The maximum atomic E-state index is 13.4. The molecular formula is C25H31N5O5S. The summed E-state index contributed by atoms with van der Waals surface area (Å²) in [6.45, 7) is 3.53. The van der Waals surface area contributed by atoms with Crippen molar-refractivity contribution >= 4 is 23.4 Å². The minimum absolute atomic E-state index is 0.0646. The fourth-order valence-electron chi connectivity index (χ4n) is 4.58. The van der Waals surface area contributed by atoms with Crippen molar-refractivity contribution in [1.29, 1.82) is 0 Å². The molecule has 0 N–H and O–H groups in total. The van der Waals surface area contributed by atoms with Crippen molar-refractivity contribution in [3.63, 3.8) is 0 Å². The molecule has 3 heterocycles. The molecule has 192 valence electrons. The summed E-state index contributed by atoms with van der Waals surface area (Å²) < 4.78 is 25.2. The van der Waals surface area contributed by atoms with E-state index in [2.05, 4.69) is 15.1 Å². The van der Waals surface area contributed by atoms with Gasteiger partial charge >= 0.3 is 0 Å². The zero-order valence-corrected chi connectivity index (χ0v) is 21.6. The van der Waals surface area contributed by atoms with Crippen LogP contribution in [0.1, 0.15) is 41.7 Å². The number of rotatable bonds is 8. The number of carbonyl (C=O) groups is 1. The number of morpholine rings is 1. The number of amides is 1. The molecule has 1 saturated heterocycles. The summed E-state index contributed by atoms with van der Waals surface area (Å²) in [7, 11) is 1.62. The SMILES string of the molecule is COc1ccc(C(=O)N2CCOC(COc3cc(C)nc4nc(SC)nn34)C2)cc1OC1CCCC1. The lowest BCUT2D eigenvalue weighted by Gasteiger charge is -2.33. The van der Waals surface area contributed by atoms with E-state index < -0.39 is 0 Å². The number of nitrogens with zero attached hydrogens (tertiary/aromatic N) is 5. The molecule has 1 amide bonds. The molecule has 11 heteroatoms. The van der Waals surface area contributed by atoms with Gasteiger partial charge in [-0.3, -0.25) is 4.79 Å². The van der Waals surface area contributed by atoms with Gasteiger partial charge in [0.05, 0.1) is 26.4 Å². The van der Waals surface area contributed by atoms with Crippen LogP contribution in [-0.4, -0.2) is 82.3 Å². The average molecular weight is 514 g/mol. The van der Waals surface area contributed by atoms with E-state index in [1.54, 1.807) is 34.7 Å². The zero-order valence-electron chi connectivity index (χ0n) is 20.8. The number of hydrogen-bond acceptors (Lipinski definition) is 9. The van der Waals surface area contributed by atoms with E-state index in [0.717, 1.165) is 18.5 Å². The van der Waals surface area contributed by atoms with Gasteiger partial charge in [0, 0.05) is 23.9 Å². The number of fused-ring (bicyclic) bond motifs is 1. The van der Waals surface area contributed by atoms with Crippen LogP contribution in [0.4, 0.5) is 0 Å². The first kappa shape index (κ1) is 24.6. The van der Waals surface area contributed by atoms with E-state index in [1.807, 2.05) is 19.2 Å². The Morgan fingerprint density at radius 3 is 2.81 bits per heavy atom. The standard InChI is InChI=1S/C25H31N5O5S/c1-16-12-22(30-24(26-16)27-25(28-30)36-3)34-15-19-14-29(10-11-33-19)23(31)17-8-9-20(32-2)21(13-17)35-18-6-4-5-7-18/h8-9,12-13,18-19H,4-7,10-11,14-15H2,1-3H3. The molecule has 1 aromatic carbocycles. The Kier molecular flexibility index (Phi) is 7.47. The Hall–Kier alpha value is -3.05. The number of benzene rings is 1. The molecule has 1 atom stereocenters. The quantitative estimate of drug-likeness (QED) is 0.420. The molecular weight excluding hydrogens is 482 g/mol. The van der Waals surface area contributed by atoms with Crippen molar-refractivity contribution in [2.24, 2.45) is 0 Å². The van der Waals surface area contributed by atoms with E-state index in [0.29, 0.717) is 53.6 Å². The molecule has 0 bridgehead atoms. The topological polar surface area (TPSA) is 100 Å². The molecule has 2 aromatic heterocycles. The molecule has 3 aromatic rings. The van der Waals surface area contributed by atoms with Crippen LogP contribution in [0.2, 0.25) is 0 Å². The highest BCUT2D eigenvalue weighted by molar-refractivity contribution is 7.98. The summed E-state index contributed by atoms with van der Waals surface area (Å²) in [6.07, 6.45) is 6.21. The van der Waals surface area contributed by atoms with Crippen LogP contribution >= 0.6 is 11.8 Å². The van der Waals surface area contributed by atoms with Gasteiger partial charge in [0.2, 0.25) is 11.0 Å². The van der Waals surface area contributed by atoms with Gasteiger partial charge in [0.1, 0.15) is 12.7 Å². The highest BCUT2D eigenvalue weighted by Crippen LogP contribution is 2.33. The molecule has 1 aliphatic carbocycles. The Morgan fingerprint density at radius 1 is 1.19 bits per heavy atom. The van der Waals surface area contributed by atoms with Crippen LogP contribution in [-0.2, 0) is 4.74 Å². The van der Waals surface area contributed by atoms with Crippen LogP contribution < -0.4 is 14.2 Å². The van der Waals surface area contributed by atoms with Gasteiger partial charge in [0.25, 0.3) is 11.7 Å².